The molecule has 3 nitrogen and oxygen atoms in total. The van der Waals surface area contributed by atoms with Crippen LogP contribution >= 0.6 is 34.5 Å². The number of nitrogens with one attached hydrogen (secondary N) is 1. The summed E-state index contributed by atoms with van der Waals surface area (Å²) in [7, 11) is 0. The maximum absolute atomic E-state index is 6.13. The highest BCUT2D eigenvalue weighted by Gasteiger charge is 2.10. The molecule has 0 atom stereocenters. The lowest BCUT2D eigenvalue weighted by molar-refractivity contribution is 1.49. The van der Waals surface area contributed by atoms with E-state index in [0.29, 0.717) is 21.4 Å². The number of fused-ring (bicyclic) bond motifs is 1. The van der Waals surface area contributed by atoms with Crippen molar-refractivity contribution in [3.05, 3.63) is 45.9 Å². The molecule has 3 N–H and O–H groups in total. The number of hydrogen-bond donors (Lipinski definition) is 2. The number of para-hydroxylation sites is 1. The van der Waals surface area contributed by atoms with E-state index in [9.17, 15) is 0 Å². The average molecular weight is 310 g/mol. The predicted molar refractivity (Wildman–Crippen MR) is 83.8 cm³/mol. The van der Waals surface area contributed by atoms with Crippen LogP contribution in [-0.4, -0.2) is 4.98 Å². The maximum Gasteiger partial charge on any atom is 0.106 e. The molecule has 0 radical (unpaired) electrons. The highest BCUT2D eigenvalue weighted by Crippen LogP contribution is 2.36. The number of aromatic nitrogens is 1. The molecule has 1 heterocycles. The largest absolute Gasteiger partial charge is 0.395 e. The molecule has 19 heavy (non-hydrogen) atoms. The predicted octanol–water partition coefficient (Wildman–Crippen LogP) is 4.93. The lowest BCUT2D eigenvalue weighted by Gasteiger charge is -2.12. The van der Waals surface area contributed by atoms with E-state index in [1.54, 1.807) is 35.0 Å². The van der Waals surface area contributed by atoms with E-state index in [0.717, 1.165) is 15.9 Å². The summed E-state index contributed by atoms with van der Waals surface area (Å²) in [6, 6.07) is 9.20. The third kappa shape index (κ3) is 2.23. The van der Waals surface area contributed by atoms with Gasteiger partial charge in [-0.15, -0.1) is 11.3 Å². The molecule has 0 fully saturated rings. The number of halogens is 2. The zero-order valence-corrected chi connectivity index (χ0v) is 12.0. The van der Waals surface area contributed by atoms with Crippen LogP contribution in [0.15, 0.2) is 35.8 Å². The van der Waals surface area contributed by atoms with Gasteiger partial charge in [0.25, 0.3) is 0 Å². The normalized spacial score (nSPS) is 10.8. The quantitative estimate of drug-likeness (QED) is 0.660. The smallest absolute Gasteiger partial charge is 0.106 e. The molecule has 3 aromatic rings. The first-order valence-electron chi connectivity index (χ1n) is 5.49. The van der Waals surface area contributed by atoms with Crippen LogP contribution in [-0.2, 0) is 0 Å². The zero-order valence-electron chi connectivity index (χ0n) is 9.65. The lowest BCUT2D eigenvalue weighted by atomic mass is 10.2. The molecular weight excluding hydrogens is 301 g/mol. The Morgan fingerprint density at radius 2 is 1.84 bits per heavy atom. The van der Waals surface area contributed by atoms with Gasteiger partial charge < -0.3 is 11.1 Å². The van der Waals surface area contributed by atoms with Gasteiger partial charge >= 0.3 is 0 Å². The van der Waals surface area contributed by atoms with Crippen LogP contribution in [0.3, 0.4) is 0 Å². The number of benzene rings is 2. The first-order valence-corrected chi connectivity index (χ1v) is 7.13. The minimum absolute atomic E-state index is 0.547. The highest BCUT2D eigenvalue weighted by atomic mass is 35.5. The summed E-state index contributed by atoms with van der Waals surface area (Å²) in [5, 5.41) is 4.26. The molecule has 0 spiro atoms. The summed E-state index contributed by atoms with van der Waals surface area (Å²) >= 11 is 13.8. The standard InChI is InChI=1S/C13H9Cl2N3S/c14-7-2-1-3-8(15)12(7)18-9-4-5-10-13(11(9)16)17-6-19-10/h1-6,18H,16H2. The number of anilines is 3. The number of thiazole rings is 1. The average Bonchev–Trinajstić information content (AvgIpc) is 2.85. The van der Waals surface area contributed by atoms with Crippen LogP contribution in [0.2, 0.25) is 10.0 Å². The molecule has 0 unspecified atom stereocenters. The third-order valence-corrected chi connectivity index (χ3v) is 4.19. The van der Waals surface area contributed by atoms with Gasteiger partial charge in [0.15, 0.2) is 0 Å². The topological polar surface area (TPSA) is 50.9 Å². The summed E-state index contributed by atoms with van der Waals surface area (Å²) in [4.78, 5) is 4.25. The molecule has 0 bridgehead atoms. The number of rotatable bonds is 2. The molecule has 0 saturated heterocycles. The van der Waals surface area contributed by atoms with Crippen LogP contribution in [0.4, 0.5) is 17.1 Å². The van der Waals surface area contributed by atoms with Crippen molar-refractivity contribution in [2.75, 3.05) is 11.1 Å². The van der Waals surface area contributed by atoms with E-state index in [4.69, 9.17) is 28.9 Å². The highest BCUT2D eigenvalue weighted by molar-refractivity contribution is 7.16. The van der Waals surface area contributed by atoms with Gasteiger partial charge in [0.1, 0.15) is 5.52 Å². The second-order valence-electron chi connectivity index (χ2n) is 3.95. The molecule has 3 rings (SSSR count). The monoisotopic (exact) mass is 309 g/mol. The van der Waals surface area contributed by atoms with Crippen LogP contribution in [0.1, 0.15) is 0 Å². The van der Waals surface area contributed by atoms with Crippen LogP contribution in [0.25, 0.3) is 10.2 Å². The fraction of sp³-hybridized carbons (Fsp3) is 0. The molecule has 2 aromatic carbocycles. The van der Waals surface area contributed by atoms with Crippen molar-refractivity contribution >= 4 is 61.8 Å². The van der Waals surface area contributed by atoms with E-state index in [2.05, 4.69) is 10.3 Å². The van der Waals surface area contributed by atoms with E-state index in [1.165, 1.54) is 0 Å². The van der Waals surface area contributed by atoms with Crippen LogP contribution < -0.4 is 11.1 Å². The molecule has 1 aromatic heterocycles. The minimum Gasteiger partial charge on any atom is -0.395 e. The molecule has 96 valence electrons. The van der Waals surface area contributed by atoms with E-state index in [-0.39, 0.29) is 0 Å². The van der Waals surface area contributed by atoms with Gasteiger partial charge in [-0.2, -0.15) is 0 Å². The summed E-state index contributed by atoms with van der Waals surface area (Å²) < 4.78 is 1.05. The Bertz CT molecular complexity index is 734. The molecular formula is C13H9Cl2N3S. The van der Waals surface area contributed by atoms with Crippen molar-refractivity contribution < 1.29 is 0 Å². The number of nitrogen functional groups attached to an aromatic ring is 1. The van der Waals surface area contributed by atoms with Crippen molar-refractivity contribution in [1.82, 2.24) is 4.98 Å². The Hall–Kier alpha value is -1.49. The fourth-order valence-corrected chi connectivity index (χ4v) is 3.00. The van der Waals surface area contributed by atoms with E-state index in [1.807, 2.05) is 12.1 Å². The molecule has 0 aliphatic rings. The molecule has 0 aliphatic carbocycles. The molecule has 0 saturated carbocycles. The lowest BCUT2D eigenvalue weighted by Crippen LogP contribution is -1.98. The number of nitrogens with zero attached hydrogens (tertiary/aromatic N) is 1. The van der Waals surface area contributed by atoms with Crippen molar-refractivity contribution in [3.8, 4) is 0 Å². The van der Waals surface area contributed by atoms with Crippen molar-refractivity contribution in [2.45, 2.75) is 0 Å². The maximum atomic E-state index is 6.13. The SMILES string of the molecule is Nc1c(Nc2c(Cl)cccc2Cl)ccc2scnc12. The summed E-state index contributed by atoms with van der Waals surface area (Å²) in [6.45, 7) is 0. The van der Waals surface area contributed by atoms with Crippen LogP contribution in [0.5, 0.6) is 0 Å². The third-order valence-electron chi connectivity index (χ3n) is 2.76. The van der Waals surface area contributed by atoms with Gasteiger partial charge in [-0.05, 0) is 24.3 Å². The van der Waals surface area contributed by atoms with Crippen molar-refractivity contribution in [1.29, 1.82) is 0 Å². The van der Waals surface area contributed by atoms with Gasteiger partial charge in [-0.25, -0.2) is 4.98 Å². The Morgan fingerprint density at radius 1 is 1.11 bits per heavy atom. The molecule has 0 aliphatic heterocycles. The fourth-order valence-electron chi connectivity index (χ4n) is 1.81. The van der Waals surface area contributed by atoms with Gasteiger partial charge in [0.2, 0.25) is 0 Å². The van der Waals surface area contributed by atoms with Gasteiger partial charge in [0.05, 0.1) is 37.3 Å². The second-order valence-corrected chi connectivity index (χ2v) is 5.65. The zero-order chi connectivity index (χ0) is 13.4. The first-order chi connectivity index (χ1) is 9.16. The first kappa shape index (κ1) is 12.5. The Kier molecular flexibility index (Phi) is 3.22. The van der Waals surface area contributed by atoms with E-state index < -0.39 is 0 Å². The Morgan fingerprint density at radius 3 is 2.58 bits per heavy atom. The van der Waals surface area contributed by atoms with Gasteiger partial charge in [0, 0.05) is 0 Å². The van der Waals surface area contributed by atoms with Crippen molar-refractivity contribution in [2.24, 2.45) is 0 Å². The molecule has 6 heteroatoms. The summed E-state index contributed by atoms with van der Waals surface area (Å²) in [5.74, 6) is 0. The Labute approximate surface area is 124 Å². The summed E-state index contributed by atoms with van der Waals surface area (Å²) in [6.07, 6.45) is 0. The second kappa shape index (κ2) is 4.89. The molecule has 0 amide bonds. The van der Waals surface area contributed by atoms with Gasteiger partial charge in [-0.1, -0.05) is 29.3 Å². The summed E-state index contributed by atoms with van der Waals surface area (Å²) in [5.41, 5.74) is 10.6. The minimum atomic E-state index is 0.547. The van der Waals surface area contributed by atoms with Crippen LogP contribution in [0, 0.1) is 0 Å². The van der Waals surface area contributed by atoms with Gasteiger partial charge in [-0.3, -0.25) is 0 Å². The number of hydrogen-bond acceptors (Lipinski definition) is 4. The Balaban J connectivity index is 2.08. The van der Waals surface area contributed by atoms with Crippen molar-refractivity contribution in [3.63, 3.8) is 0 Å². The number of nitrogens with two attached hydrogens (primary N) is 1. The van der Waals surface area contributed by atoms with E-state index >= 15 is 0 Å².